The molecule has 0 radical (unpaired) electrons. The maximum absolute atomic E-state index is 11.7. The Morgan fingerprint density at radius 3 is 2.83 bits per heavy atom. The van der Waals surface area contributed by atoms with Gasteiger partial charge in [-0.15, -0.1) is 0 Å². The number of amides is 1. The molecule has 2 rings (SSSR count). The largest absolute Gasteiger partial charge is 0.423 e. The second-order valence-electron chi connectivity index (χ2n) is 4.59. The van der Waals surface area contributed by atoms with Crippen LogP contribution in [0.3, 0.4) is 0 Å². The molecule has 0 saturated heterocycles. The molecule has 1 aromatic rings. The molecule has 0 aliphatic carbocycles. The molecule has 0 fully saturated rings. The van der Waals surface area contributed by atoms with Crippen LogP contribution in [0, 0.1) is 6.92 Å². The van der Waals surface area contributed by atoms with Crippen LogP contribution in [0.25, 0.3) is 0 Å². The van der Waals surface area contributed by atoms with Crippen molar-refractivity contribution < 1.29 is 14.3 Å². The predicted octanol–water partition coefficient (Wildman–Crippen LogP) is 0.809. The Morgan fingerprint density at radius 2 is 2.17 bits per heavy atom. The molecule has 0 bridgehead atoms. The van der Waals surface area contributed by atoms with Gasteiger partial charge in [0.25, 0.3) is 0 Å². The van der Waals surface area contributed by atoms with Crippen molar-refractivity contribution in [1.82, 2.24) is 4.90 Å². The fraction of sp³-hybridized carbons (Fsp3) is 0.385. The molecule has 0 unspecified atom stereocenters. The average Bonchev–Trinajstić information content (AvgIpc) is 2.29. The first kappa shape index (κ1) is 12.4. The molecule has 0 atom stereocenters. The van der Waals surface area contributed by atoms with Crippen molar-refractivity contribution >= 4 is 17.6 Å². The summed E-state index contributed by atoms with van der Waals surface area (Å²) in [5.41, 5.74) is 1.86. The fourth-order valence-electron chi connectivity index (χ4n) is 1.80. The number of aryl methyl sites for hydroxylation is 1. The van der Waals surface area contributed by atoms with Crippen LogP contribution in [0.1, 0.15) is 5.56 Å². The molecule has 96 valence electrons. The number of hydrogen-bond acceptors (Lipinski definition) is 4. The molecule has 1 aliphatic heterocycles. The summed E-state index contributed by atoms with van der Waals surface area (Å²) in [7, 11) is 3.39. The van der Waals surface area contributed by atoms with E-state index in [2.05, 4.69) is 0 Å². The molecule has 1 aromatic carbocycles. The molecule has 18 heavy (non-hydrogen) atoms. The first-order valence-electron chi connectivity index (χ1n) is 5.74. The minimum absolute atomic E-state index is 0.0443. The molecule has 0 saturated carbocycles. The van der Waals surface area contributed by atoms with Gasteiger partial charge in [0, 0.05) is 14.1 Å². The number of nitrogens with zero attached hydrogens (tertiary/aromatic N) is 2. The highest BCUT2D eigenvalue weighted by Crippen LogP contribution is 2.32. The summed E-state index contributed by atoms with van der Waals surface area (Å²) in [6.07, 6.45) is 0. The second-order valence-corrected chi connectivity index (χ2v) is 4.59. The Bertz CT molecular complexity index is 497. The molecule has 0 N–H and O–H groups in total. The summed E-state index contributed by atoms with van der Waals surface area (Å²) in [6.45, 7) is 2.25. The molecule has 1 amide bonds. The normalized spacial score (nSPS) is 13.9. The summed E-state index contributed by atoms with van der Waals surface area (Å²) in [5.74, 6) is 0.137. The first-order valence-corrected chi connectivity index (χ1v) is 5.74. The topological polar surface area (TPSA) is 49.9 Å². The molecule has 1 aliphatic rings. The van der Waals surface area contributed by atoms with Gasteiger partial charge in [-0.2, -0.15) is 0 Å². The smallest absolute Gasteiger partial charge is 0.331 e. The predicted molar refractivity (Wildman–Crippen MR) is 67.7 cm³/mol. The maximum Gasteiger partial charge on any atom is 0.331 e. The Balaban J connectivity index is 2.29. The van der Waals surface area contributed by atoms with Gasteiger partial charge in [-0.3, -0.25) is 4.79 Å². The lowest BCUT2D eigenvalue weighted by Gasteiger charge is -2.30. The molecule has 5 nitrogen and oxygen atoms in total. The quantitative estimate of drug-likeness (QED) is 0.574. The van der Waals surface area contributed by atoms with Gasteiger partial charge in [-0.1, -0.05) is 6.07 Å². The molecular weight excluding hydrogens is 232 g/mol. The summed E-state index contributed by atoms with van der Waals surface area (Å²) in [4.78, 5) is 26.5. The third-order valence-electron chi connectivity index (χ3n) is 2.82. The van der Waals surface area contributed by atoms with E-state index < -0.39 is 0 Å². The standard InChI is InChI=1S/C13H16N2O3/c1-9-4-5-11-10(6-9)15(8-13(17)18-11)7-12(16)14(2)3/h4-6H,7-8H2,1-3H3. The monoisotopic (exact) mass is 248 g/mol. The fourth-order valence-corrected chi connectivity index (χ4v) is 1.80. The van der Waals surface area contributed by atoms with Crippen molar-refractivity contribution in [3.8, 4) is 5.75 Å². The van der Waals surface area contributed by atoms with Crippen LogP contribution >= 0.6 is 0 Å². The Kier molecular flexibility index (Phi) is 3.23. The van der Waals surface area contributed by atoms with Gasteiger partial charge in [0.2, 0.25) is 5.91 Å². The number of ether oxygens (including phenoxy) is 1. The van der Waals surface area contributed by atoms with Gasteiger partial charge in [-0.25, -0.2) is 4.79 Å². The number of likely N-dealkylation sites (N-methyl/N-ethyl adjacent to an activating group) is 1. The zero-order valence-corrected chi connectivity index (χ0v) is 10.8. The van der Waals surface area contributed by atoms with Gasteiger partial charge >= 0.3 is 5.97 Å². The number of carbonyl (C=O) groups is 2. The minimum Gasteiger partial charge on any atom is -0.423 e. The number of hydrogen-bond donors (Lipinski definition) is 0. The van der Waals surface area contributed by atoms with Gasteiger partial charge in [-0.05, 0) is 24.6 Å². The SMILES string of the molecule is Cc1ccc2c(c1)N(CC(=O)N(C)C)CC(=O)O2. The van der Waals surface area contributed by atoms with Crippen LogP contribution in [0.5, 0.6) is 5.75 Å². The lowest BCUT2D eigenvalue weighted by Crippen LogP contribution is -2.43. The molecular formula is C13H16N2O3. The van der Waals surface area contributed by atoms with E-state index in [9.17, 15) is 9.59 Å². The number of benzene rings is 1. The Labute approximate surface area is 106 Å². The van der Waals surface area contributed by atoms with Crippen LogP contribution in [-0.4, -0.2) is 44.0 Å². The van der Waals surface area contributed by atoms with E-state index in [-0.39, 0.29) is 25.0 Å². The van der Waals surface area contributed by atoms with E-state index in [0.29, 0.717) is 5.75 Å². The van der Waals surface area contributed by atoms with Crippen molar-refractivity contribution in [2.75, 3.05) is 32.1 Å². The molecule has 0 aromatic heterocycles. The maximum atomic E-state index is 11.7. The van der Waals surface area contributed by atoms with E-state index in [4.69, 9.17) is 4.74 Å². The zero-order chi connectivity index (χ0) is 13.3. The first-order chi connectivity index (χ1) is 8.47. The van der Waals surface area contributed by atoms with Crippen molar-refractivity contribution in [2.24, 2.45) is 0 Å². The Morgan fingerprint density at radius 1 is 1.44 bits per heavy atom. The third kappa shape index (κ3) is 2.45. The van der Waals surface area contributed by atoms with Crippen molar-refractivity contribution in [2.45, 2.75) is 6.92 Å². The number of anilines is 1. The highest BCUT2D eigenvalue weighted by atomic mass is 16.5. The second kappa shape index (κ2) is 4.68. The van der Waals surface area contributed by atoms with E-state index in [1.54, 1.807) is 25.1 Å². The lowest BCUT2D eigenvalue weighted by molar-refractivity contribution is -0.133. The van der Waals surface area contributed by atoms with Crippen molar-refractivity contribution in [3.05, 3.63) is 23.8 Å². The van der Waals surface area contributed by atoms with Gasteiger partial charge in [0.1, 0.15) is 6.54 Å². The summed E-state index contributed by atoms with van der Waals surface area (Å²) in [5, 5.41) is 0. The summed E-state index contributed by atoms with van der Waals surface area (Å²) < 4.78 is 5.15. The number of carbonyl (C=O) groups excluding carboxylic acids is 2. The van der Waals surface area contributed by atoms with E-state index in [0.717, 1.165) is 11.3 Å². The minimum atomic E-state index is -0.335. The van der Waals surface area contributed by atoms with E-state index >= 15 is 0 Å². The van der Waals surface area contributed by atoms with Crippen LogP contribution in [0.4, 0.5) is 5.69 Å². The highest BCUT2D eigenvalue weighted by molar-refractivity contribution is 5.89. The molecule has 1 heterocycles. The van der Waals surface area contributed by atoms with Crippen molar-refractivity contribution in [1.29, 1.82) is 0 Å². The molecule has 5 heteroatoms. The number of fused-ring (bicyclic) bond motifs is 1. The van der Waals surface area contributed by atoms with Gasteiger partial charge in [0.05, 0.1) is 12.2 Å². The number of rotatable bonds is 2. The highest BCUT2D eigenvalue weighted by Gasteiger charge is 2.25. The van der Waals surface area contributed by atoms with Crippen LogP contribution in [-0.2, 0) is 9.59 Å². The van der Waals surface area contributed by atoms with E-state index in [1.165, 1.54) is 4.90 Å². The zero-order valence-electron chi connectivity index (χ0n) is 10.8. The van der Waals surface area contributed by atoms with Gasteiger partial charge < -0.3 is 14.5 Å². The summed E-state index contributed by atoms with van der Waals surface area (Å²) in [6, 6.07) is 5.56. The lowest BCUT2D eigenvalue weighted by atomic mass is 10.1. The van der Waals surface area contributed by atoms with Crippen LogP contribution in [0.2, 0.25) is 0 Å². The van der Waals surface area contributed by atoms with Crippen LogP contribution in [0.15, 0.2) is 18.2 Å². The average molecular weight is 248 g/mol. The van der Waals surface area contributed by atoms with E-state index in [1.807, 2.05) is 19.1 Å². The number of esters is 1. The van der Waals surface area contributed by atoms with Gasteiger partial charge in [0.15, 0.2) is 5.75 Å². The molecule has 0 spiro atoms. The third-order valence-corrected chi connectivity index (χ3v) is 2.82. The summed E-state index contributed by atoms with van der Waals surface area (Å²) >= 11 is 0. The Hall–Kier alpha value is -2.04. The van der Waals surface area contributed by atoms with Crippen LogP contribution < -0.4 is 9.64 Å². The van der Waals surface area contributed by atoms with Crippen molar-refractivity contribution in [3.63, 3.8) is 0 Å².